The number of nitrogens with one attached hydrogen (secondary N) is 1. The Morgan fingerprint density at radius 1 is 1.47 bits per heavy atom. The summed E-state index contributed by atoms with van der Waals surface area (Å²) in [5, 5.41) is 14.1. The first kappa shape index (κ1) is 13.2. The summed E-state index contributed by atoms with van der Waals surface area (Å²) in [5.41, 5.74) is 0.0844. The lowest BCUT2D eigenvalue weighted by molar-refractivity contribution is 0.0691. The highest BCUT2D eigenvalue weighted by atomic mass is 32.1. The maximum absolute atomic E-state index is 10.7. The number of hydrogen-bond acceptors (Lipinski definition) is 7. The van der Waals surface area contributed by atoms with Gasteiger partial charge in [0.05, 0.1) is 24.5 Å². The molecule has 2 rings (SSSR count). The Hall–Kier alpha value is -2.22. The number of nitrogens with zero attached hydrogens (tertiary/aromatic N) is 3. The van der Waals surface area contributed by atoms with Crippen molar-refractivity contribution in [1.82, 2.24) is 15.0 Å². The van der Waals surface area contributed by atoms with E-state index in [1.54, 1.807) is 6.20 Å². The van der Waals surface area contributed by atoms with Gasteiger partial charge in [-0.25, -0.2) is 9.78 Å². The van der Waals surface area contributed by atoms with E-state index < -0.39 is 5.97 Å². The molecule has 0 aliphatic carbocycles. The average molecular weight is 280 g/mol. The van der Waals surface area contributed by atoms with E-state index in [4.69, 9.17) is 9.84 Å². The highest BCUT2D eigenvalue weighted by Gasteiger charge is 2.08. The molecule has 0 amide bonds. The lowest BCUT2D eigenvalue weighted by Crippen LogP contribution is -2.07. The maximum Gasteiger partial charge on any atom is 0.355 e. The standard InChI is InChI=1S/C11H12N4O3S/c1-18-9-5-12-4-8(15-9)13-3-2-10-14-7(6-19-10)11(16)17/h4-6H,2-3H2,1H3,(H,13,15)(H,16,17). The third-order valence-electron chi connectivity index (χ3n) is 2.24. The highest BCUT2D eigenvalue weighted by Crippen LogP contribution is 2.11. The van der Waals surface area contributed by atoms with Crippen molar-refractivity contribution in [1.29, 1.82) is 0 Å². The molecular formula is C11H12N4O3S. The van der Waals surface area contributed by atoms with Gasteiger partial charge in [-0.05, 0) is 0 Å². The van der Waals surface area contributed by atoms with Crippen LogP contribution in [-0.4, -0.2) is 39.7 Å². The van der Waals surface area contributed by atoms with Gasteiger partial charge in [0, 0.05) is 18.3 Å². The van der Waals surface area contributed by atoms with Gasteiger partial charge in [-0.2, -0.15) is 4.98 Å². The molecule has 19 heavy (non-hydrogen) atoms. The van der Waals surface area contributed by atoms with Crippen molar-refractivity contribution in [3.8, 4) is 5.88 Å². The first-order valence-corrected chi connectivity index (χ1v) is 6.34. The number of aromatic carboxylic acids is 1. The Morgan fingerprint density at radius 2 is 2.32 bits per heavy atom. The summed E-state index contributed by atoms with van der Waals surface area (Å²) in [5.74, 6) is 0.0379. The van der Waals surface area contributed by atoms with Crippen LogP contribution in [0.3, 0.4) is 0 Å². The molecule has 0 saturated carbocycles. The molecule has 2 aromatic heterocycles. The smallest absolute Gasteiger partial charge is 0.355 e. The fraction of sp³-hybridized carbons (Fsp3) is 0.273. The van der Waals surface area contributed by atoms with Crippen LogP contribution in [0.5, 0.6) is 5.88 Å². The third-order valence-corrected chi connectivity index (χ3v) is 3.15. The Bertz CT molecular complexity index is 573. The van der Waals surface area contributed by atoms with E-state index in [0.29, 0.717) is 24.7 Å². The molecule has 0 unspecified atom stereocenters. The summed E-state index contributed by atoms with van der Waals surface area (Å²) in [7, 11) is 1.52. The zero-order valence-electron chi connectivity index (χ0n) is 10.2. The van der Waals surface area contributed by atoms with Crippen molar-refractivity contribution in [2.24, 2.45) is 0 Å². The molecule has 0 aliphatic rings. The number of anilines is 1. The summed E-state index contributed by atoms with van der Waals surface area (Å²) in [4.78, 5) is 22.8. The number of carboxylic acid groups (broad SMARTS) is 1. The van der Waals surface area contributed by atoms with Gasteiger partial charge in [-0.15, -0.1) is 11.3 Å². The number of methoxy groups -OCH3 is 1. The zero-order chi connectivity index (χ0) is 13.7. The first-order valence-electron chi connectivity index (χ1n) is 5.46. The van der Waals surface area contributed by atoms with Crippen LogP contribution < -0.4 is 10.1 Å². The Kier molecular flexibility index (Phi) is 4.24. The van der Waals surface area contributed by atoms with Crippen LogP contribution in [-0.2, 0) is 6.42 Å². The lowest BCUT2D eigenvalue weighted by atomic mass is 10.4. The predicted octanol–water partition coefficient (Wildman–Crippen LogP) is 1.29. The normalized spacial score (nSPS) is 10.2. The Morgan fingerprint density at radius 3 is 3.00 bits per heavy atom. The molecule has 0 fully saturated rings. The zero-order valence-corrected chi connectivity index (χ0v) is 11.0. The third kappa shape index (κ3) is 3.62. The van der Waals surface area contributed by atoms with Gasteiger partial charge in [0.15, 0.2) is 5.69 Å². The van der Waals surface area contributed by atoms with Gasteiger partial charge in [-0.1, -0.05) is 0 Å². The molecular weight excluding hydrogens is 268 g/mol. The van der Waals surface area contributed by atoms with E-state index in [1.165, 1.54) is 30.0 Å². The summed E-state index contributed by atoms with van der Waals surface area (Å²) >= 11 is 1.33. The molecule has 0 radical (unpaired) electrons. The van der Waals surface area contributed by atoms with Gasteiger partial charge in [0.2, 0.25) is 5.88 Å². The second-order valence-electron chi connectivity index (χ2n) is 3.56. The van der Waals surface area contributed by atoms with E-state index >= 15 is 0 Å². The van der Waals surface area contributed by atoms with E-state index in [9.17, 15) is 4.79 Å². The minimum absolute atomic E-state index is 0.0844. The summed E-state index contributed by atoms with van der Waals surface area (Å²) < 4.78 is 4.96. The minimum atomic E-state index is -1.01. The molecule has 0 bridgehead atoms. The maximum atomic E-state index is 10.7. The highest BCUT2D eigenvalue weighted by molar-refractivity contribution is 7.09. The van der Waals surface area contributed by atoms with Crippen LogP contribution in [0.4, 0.5) is 5.82 Å². The number of ether oxygens (including phenoxy) is 1. The number of hydrogen-bond donors (Lipinski definition) is 2. The number of carbonyl (C=O) groups is 1. The fourth-order valence-corrected chi connectivity index (χ4v) is 2.13. The van der Waals surface area contributed by atoms with Crippen LogP contribution in [0.2, 0.25) is 0 Å². The Balaban J connectivity index is 1.86. The largest absolute Gasteiger partial charge is 0.480 e. The van der Waals surface area contributed by atoms with Gasteiger partial charge in [0.1, 0.15) is 5.82 Å². The van der Waals surface area contributed by atoms with Gasteiger partial charge in [0.25, 0.3) is 0 Å². The van der Waals surface area contributed by atoms with Gasteiger partial charge in [-0.3, -0.25) is 4.98 Å². The SMILES string of the molecule is COc1cncc(NCCc2nc(C(=O)O)cs2)n1. The van der Waals surface area contributed by atoms with Gasteiger partial charge < -0.3 is 15.2 Å². The number of carboxylic acids is 1. The Labute approximate surface area is 113 Å². The molecule has 0 aliphatic heterocycles. The van der Waals surface area contributed by atoms with E-state index in [-0.39, 0.29) is 5.69 Å². The van der Waals surface area contributed by atoms with Crippen molar-refractivity contribution in [3.63, 3.8) is 0 Å². The molecule has 2 heterocycles. The molecule has 8 heteroatoms. The van der Waals surface area contributed by atoms with Crippen molar-refractivity contribution >= 4 is 23.1 Å². The van der Waals surface area contributed by atoms with Crippen LogP contribution in [0.1, 0.15) is 15.5 Å². The van der Waals surface area contributed by atoms with Crippen LogP contribution in [0.15, 0.2) is 17.8 Å². The second kappa shape index (κ2) is 6.10. The van der Waals surface area contributed by atoms with Crippen molar-refractivity contribution in [2.45, 2.75) is 6.42 Å². The van der Waals surface area contributed by atoms with Crippen molar-refractivity contribution in [3.05, 3.63) is 28.5 Å². The molecule has 0 saturated heterocycles. The monoisotopic (exact) mass is 280 g/mol. The van der Waals surface area contributed by atoms with E-state index in [0.717, 1.165) is 5.01 Å². The number of rotatable bonds is 6. The molecule has 0 aromatic carbocycles. The quantitative estimate of drug-likeness (QED) is 0.822. The molecule has 7 nitrogen and oxygen atoms in total. The van der Waals surface area contributed by atoms with Crippen LogP contribution in [0, 0.1) is 0 Å². The van der Waals surface area contributed by atoms with E-state index in [1.807, 2.05) is 0 Å². The molecule has 100 valence electrons. The minimum Gasteiger partial charge on any atom is -0.480 e. The molecule has 0 atom stereocenters. The molecule has 2 aromatic rings. The number of aromatic nitrogens is 3. The van der Waals surface area contributed by atoms with Gasteiger partial charge >= 0.3 is 5.97 Å². The summed E-state index contributed by atoms with van der Waals surface area (Å²) in [6.07, 6.45) is 3.73. The summed E-state index contributed by atoms with van der Waals surface area (Å²) in [6.45, 7) is 0.592. The summed E-state index contributed by atoms with van der Waals surface area (Å²) in [6, 6.07) is 0. The van der Waals surface area contributed by atoms with Crippen molar-refractivity contribution in [2.75, 3.05) is 19.0 Å². The second-order valence-corrected chi connectivity index (χ2v) is 4.50. The molecule has 0 spiro atoms. The predicted molar refractivity (Wildman–Crippen MR) is 69.9 cm³/mol. The number of thiazole rings is 1. The molecule has 2 N–H and O–H groups in total. The fourth-order valence-electron chi connectivity index (χ4n) is 1.35. The van der Waals surface area contributed by atoms with Crippen LogP contribution >= 0.6 is 11.3 Å². The topological polar surface area (TPSA) is 97.2 Å². The van der Waals surface area contributed by atoms with Crippen LogP contribution in [0.25, 0.3) is 0 Å². The van der Waals surface area contributed by atoms with E-state index in [2.05, 4.69) is 20.3 Å². The van der Waals surface area contributed by atoms with Crippen molar-refractivity contribution < 1.29 is 14.6 Å². The average Bonchev–Trinajstić information content (AvgIpc) is 2.88. The lowest BCUT2D eigenvalue weighted by Gasteiger charge is -2.04. The first-order chi connectivity index (χ1) is 9.19.